The fourth-order valence-electron chi connectivity index (χ4n) is 1.89. The summed E-state index contributed by atoms with van der Waals surface area (Å²) in [5.41, 5.74) is 1.39. The first kappa shape index (κ1) is 15.4. The van der Waals surface area contributed by atoms with Crippen LogP contribution in [0.25, 0.3) is 11.3 Å². The van der Waals surface area contributed by atoms with Crippen molar-refractivity contribution < 1.29 is 8.42 Å². The van der Waals surface area contributed by atoms with Gasteiger partial charge in [0.2, 0.25) is 0 Å². The lowest BCUT2D eigenvalue weighted by molar-refractivity contribution is 0.600. The summed E-state index contributed by atoms with van der Waals surface area (Å²) in [5, 5.41) is 8.50. The molecule has 23 heavy (non-hydrogen) atoms. The van der Waals surface area contributed by atoms with Crippen molar-refractivity contribution in [3.05, 3.63) is 65.9 Å². The highest BCUT2D eigenvalue weighted by atomic mass is 35.5. The summed E-state index contributed by atoms with van der Waals surface area (Å²) in [6.07, 6.45) is 2.76. The van der Waals surface area contributed by atoms with Crippen molar-refractivity contribution in [3.8, 4) is 11.3 Å². The summed E-state index contributed by atoms with van der Waals surface area (Å²) in [5.74, 6) is 0.125. The lowest BCUT2D eigenvalue weighted by Crippen LogP contribution is -2.14. The monoisotopic (exact) mass is 346 g/mol. The Labute approximate surface area is 138 Å². The third-order valence-corrected chi connectivity index (χ3v) is 4.54. The quantitative estimate of drug-likeness (QED) is 0.785. The highest BCUT2D eigenvalue weighted by molar-refractivity contribution is 7.92. The predicted molar refractivity (Wildman–Crippen MR) is 87.5 cm³/mol. The number of aromatic nitrogens is 3. The van der Waals surface area contributed by atoms with Crippen molar-refractivity contribution in [2.24, 2.45) is 0 Å². The van der Waals surface area contributed by atoms with Gasteiger partial charge in [-0.2, -0.15) is 0 Å². The molecule has 2 heterocycles. The maximum atomic E-state index is 12.2. The summed E-state index contributed by atoms with van der Waals surface area (Å²) in [6, 6.07) is 13.4. The molecule has 0 amide bonds. The molecule has 0 bridgehead atoms. The Hall–Kier alpha value is -2.51. The van der Waals surface area contributed by atoms with Crippen LogP contribution in [-0.2, 0) is 10.0 Å². The van der Waals surface area contributed by atoms with Gasteiger partial charge in [0.25, 0.3) is 10.0 Å². The van der Waals surface area contributed by atoms with Crippen molar-refractivity contribution >= 4 is 27.4 Å². The molecule has 0 aliphatic rings. The molecule has 0 saturated heterocycles. The molecule has 3 aromatic rings. The highest BCUT2D eigenvalue weighted by Crippen LogP contribution is 2.21. The van der Waals surface area contributed by atoms with E-state index in [1.54, 1.807) is 30.3 Å². The van der Waals surface area contributed by atoms with Crippen LogP contribution in [0.4, 0.5) is 5.82 Å². The number of nitrogens with zero attached hydrogens (tertiary/aromatic N) is 3. The van der Waals surface area contributed by atoms with E-state index in [0.29, 0.717) is 10.7 Å². The zero-order valence-corrected chi connectivity index (χ0v) is 13.3. The smallest absolute Gasteiger partial charge is 0.263 e. The molecule has 8 heteroatoms. The molecule has 0 radical (unpaired) electrons. The topological polar surface area (TPSA) is 84.8 Å². The van der Waals surface area contributed by atoms with Crippen molar-refractivity contribution in [2.45, 2.75) is 4.90 Å². The first-order valence-electron chi connectivity index (χ1n) is 6.57. The minimum Gasteiger partial charge on any atom is -0.263 e. The number of halogens is 1. The second kappa shape index (κ2) is 6.31. The third kappa shape index (κ3) is 3.64. The van der Waals surface area contributed by atoms with Crippen LogP contribution in [0.1, 0.15) is 0 Å². The van der Waals surface area contributed by atoms with Gasteiger partial charge in [0.15, 0.2) is 5.82 Å². The van der Waals surface area contributed by atoms with E-state index >= 15 is 0 Å². The summed E-state index contributed by atoms with van der Waals surface area (Å²) in [4.78, 5) is 3.84. The van der Waals surface area contributed by atoms with Gasteiger partial charge in [-0.05, 0) is 36.4 Å². The third-order valence-electron chi connectivity index (χ3n) is 2.97. The lowest BCUT2D eigenvalue weighted by atomic mass is 10.1. The highest BCUT2D eigenvalue weighted by Gasteiger charge is 2.15. The van der Waals surface area contributed by atoms with E-state index in [2.05, 4.69) is 19.9 Å². The van der Waals surface area contributed by atoms with Gasteiger partial charge < -0.3 is 0 Å². The first-order valence-corrected chi connectivity index (χ1v) is 8.43. The van der Waals surface area contributed by atoms with E-state index in [-0.39, 0.29) is 10.7 Å². The SMILES string of the molecule is O=S(=O)(Nc1ccc(-c2cccc(Cl)c2)nn1)c1cccnc1. The van der Waals surface area contributed by atoms with E-state index in [9.17, 15) is 8.42 Å². The zero-order chi connectivity index (χ0) is 16.3. The molecule has 1 aromatic carbocycles. The van der Waals surface area contributed by atoms with E-state index in [1.165, 1.54) is 24.5 Å². The van der Waals surface area contributed by atoms with Gasteiger partial charge >= 0.3 is 0 Å². The predicted octanol–water partition coefficient (Wildman–Crippen LogP) is 2.99. The number of pyridine rings is 1. The first-order chi connectivity index (χ1) is 11.0. The Bertz CT molecular complexity index is 916. The number of hydrogen-bond acceptors (Lipinski definition) is 5. The molecule has 0 aliphatic carbocycles. The van der Waals surface area contributed by atoms with Crippen LogP contribution in [0, 0.1) is 0 Å². The number of anilines is 1. The van der Waals surface area contributed by atoms with Crippen molar-refractivity contribution in [1.29, 1.82) is 0 Å². The summed E-state index contributed by atoms with van der Waals surface area (Å²) < 4.78 is 26.7. The van der Waals surface area contributed by atoms with Crippen LogP contribution >= 0.6 is 11.6 Å². The second-order valence-electron chi connectivity index (χ2n) is 4.61. The molecule has 1 N–H and O–H groups in total. The summed E-state index contributed by atoms with van der Waals surface area (Å²) >= 11 is 5.94. The van der Waals surface area contributed by atoms with Gasteiger partial charge in [-0.25, -0.2) is 8.42 Å². The van der Waals surface area contributed by atoms with Gasteiger partial charge in [0.05, 0.1) is 5.69 Å². The Balaban J connectivity index is 1.83. The van der Waals surface area contributed by atoms with Gasteiger partial charge in [-0.1, -0.05) is 23.7 Å². The maximum absolute atomic E-state index is 12.2. The molecule has 3 rings (SSSR count). The van der Waals surface area contributed by atoms with E-state index in [4.69, 9.17) is 11.6 Å². The molecule has 0 fully saturated rings. The molecule has 0 spiro atoms. The van der Waals surface area contributed by atoms with Crippen molar-refractivity contribution in [1.82, 2.24) is 15.2 Å². The zero-order valence-electron chi connectivity index (χ0n) is 11.7. The van der Waals surface area contributed by atoms with Gasteiger partial charge in [-0.15, -0.1) is 10.2 Å². The Kier molecular flexibility index (Phi) is 4.22. The summed E-state index contributed by atoms with van der Waals surface area (Å²) in [6.45, 7) is 0. The molecule has 2 aromatic heterocycles. The molecular weight excluding hydrogens is 336 g/mol. The van der Waals surface area contributed by atoms with Crippen LogP contribution in [0.5, 0.6) is 0 Å². The fourth-order valence-corrected chi connectivity index (χ4v) is 3.04. The van der Waals surface area contributed by atoms with Crippen LogP contribution in [0.15, 0.2) is 65.8 Å². The minimum atomic E-state index is -3.73. The van der Waals surface area contributed by atoms with Gasteiger partial charge in [0, 0.05) is 23.0 Å². The minimum absolute atomic E-state index is 0.0562. The fraction of sp³-hybridized carbons (Fsp3) is 0. The number of rotatable bonds is 4. The number of sulfonamides is 1. The maximum Gasteiger partial charge on any atom is 0.264 e. The average Bonchev–Trinajstić information content (AvgIpc) is 2.56. The largest absolute Gasteiger partial charge is 0.264 e. The van der Waals surface area contributed by atoms with Crippen molar-refractivity contribution in [2.75, 3.05) is 4.72 Å². The second-order valence-corrected chi connectivity index (χ2v) is 6.73. The van der Waals surface area contributed by atoms with E-state index < -0.39 is 10.0 Å². The molecule has 116 valence electrons. The molecule has 0 unspecified atom stereocenters. The number of nitrogens with one attached hydrogen (secondary N) is 1. The Morgan fingerprint density at radius 1 is 1.00 bits per heavy atom. The molecule has 0 saturated carbocycles. The lowest BCUT2D eigenvalue weighted by Gasteiger charge is -2.07. The van der Waals surface area contributed by atoms with Crippen molar-refractivity contribution in [3.63, 3.8) is 0 Å². The van der Waals surface area contributed by atoms with Crippen LogP contribution < -0.4 is 4.72 Å². The van der Waals surface area contributed by atoms with Crippen LogP contribution in [0.3, 0.4) is 0 Å². The number of hydrogen-bond donors (Lipinski definition) is 1. The van der Waals surface area contributed by atoms with E-state index in [0.717, 1.165) is 5.56 Å². The molecule has 0 aliphatic heterocycles. The standard InChI is InChI=1S/C15H11ClN4O2S/c16-12-4-1-3-11(9-12)14-6-7-15(19-18-14)20-23(21,22)13-5-2-8-17-10-13/h1-10H,(H,19,20). The summed E-state index contributed by atoms with van der Waals surface area (Å²) in [7, 11) is -3.73. The Morgan fingerprint density at radius 2 is 1.87 bits per heavy atom. The van der Waals surface area contributed by atoms with E-state index in [1.807, 2.05) is 6.07 Å². The van der Waals surface area contributed by atoms with Crippen LogP contribution in [0.2, 0.25) is 5.02 Å². The molecule has 6 nitrogen and oxygen atoms in total. The average molecular weight is 347 g/mol. The molecular formula is C15H11ClN4O2S. The van der Waals surface area contributed by atoms with Gasteiger partial charge in [0.1, 0.15) is 4.90 Å². The Morgan fingerprint density at radius 3 is 2.52 bits per heavy atom. The van der Waals surface area contributed by atoms with Gasteiger partial charge in [-0.3, -0.25) is 9.71 Å². The van der Waals surface area contributed by atoms with Crippen LogP contribution in [-0.4, -0.2) is 23.6 Å². The number of benzene rings is 1. The molecule has 0 atom stereocenters. The normalized spacial score (nSPS) is 11.2.